The van der Waals surface area contributed by atoms with Crippen LogP contribution in [0.15, 0.2) is 0 Å². The molecule has 2 saturated carbocycles. The van der Waals surface area contributed by atoms with Gasteiger partial charge in [-0.2, -0.15) is 0 Å². The zero-order valence-corrected chi connectivity index (χ0v) is 9.14. The second-order valence-corrected chi connectivity index (χ2v) is 5.06. The molecule has 0 amide bonds. The molecule has 72 valence electrons. The Kier molecular flexibility index (Phi) is 3.61. The Hall–Kier alpha value is 0. The molecule has 12 heavy (non-hydrogen) atoms. The predicted octanol–water partition coefficient (Wildman–Crippen LogP) is 4.10. The fraction of sp³-hybridized carbons (Fsp3) is 1.00. The molecule has 0 bridgehead atoms. The van der Waals surface area contributed by atoms with Gasteiger partial charge in [-0.3, -0.25) is 0 Å². The fourth-order valence-corrected chi connectivity index (χ4v) is 2.27. The average Bonchev–Trinajstić information content (AvgIpc) is 2.65. The van der Waals surface area contributed by atoms with E-state index in [2.05, 4.69) is 27.7 Å². The Labute approximate surface area is 77.7 Å². The normalized spacial score (nSPS) is 44.0. The second kappa shape index (κ2) is 4.30. The second-order valence-electron chi connectivity index (χ2n) is 5.06. The highest BCUT2D eigenvalue weighted by atomic mass is 14.3. The molecule has 2 aliphatic carbocycles. The van der Waals surface area contributed by atoms with Crippen LogP contribution in [0.3, 0.4) is 0 Å². The smallest absolute Gasteiger partial charge is 0.0388 e. The molecule has 0 spiro atoms. The number of hydrogen-bond donors (Lipinski definition) is 0. The van der Waals surface area contributed by atoms with Crippen LogP contribution in [0.5, 0.6) is 0 Å². The molecule has 0 heteroatoms. The molecular formula is C12H24. The van der Waals surface area contributed by atoms with E-state index < -0.39 is 0 Å². The van der Waals surface area contributed by atoms with Crippen LogP contribution in [0.2, 0.25) is 0 Å². The lowest BCUT2D eigenvalue weighted by Crippen LogP contribution is -2.16. The highest BCUT2D eigenvalue weighted by Gasteiger charge is 2.29. The Morgan fingerprint density at radius 2 is 1.33 bits per heavy atom. The summed E-state index contributed by atoms with van der Waals surface area (Å²) in [6.07, 6.45) is 5.84. The quantitative estimate of drug-likeness (QED) is 0.553. The lowest BCUT2D eigenvalue weighted by atomic mass is 9.78. The first-order valence-electron chi connectivity index (χ1n) is 5.63. The molecule has 2 rings (SSSR count). The van der Waals surface area contributed by atoms with Crippen LogP contribution in [0.4, 0.5) is 0 Å². The minimum Gasteiger partial charge on any atom is -0.0651 e. The summed E-state index contributed by atoms with van der Waals surface area (Å²) in [7, 11) is 0. The maximum Gasteiger partial charge on any atom is -0.0388 e. The minimum absolute atomic E-state index is 1.04. The summed E-state index contributed by atoms with van der Waals surface area (Å²) in [5.41, 5.74) is 0. The highest BCUT2D eigenvalue weighted by molar-refractivity contribution is 4.80. The molecule has 2 fully saturated rings. The summed E-state index contributed by atoms with van der Waals surface area (Å²) in [6, 6.07) is 0. The average molecular weight is 168 g/mol. The van der Waals surface area contributed by atoms with Crippen molar-refractivity contribution in [2.45, 2.75) is 53.4 Å². The maximum absolute atomic E-state index is 2.33. The van der Waals surface area contributed by atoms with Gasteiger partial charge < -0.3 is 0 Å². The van der Waals surface area contributed by atoms with Gasteiger partial charge in [0.05, 0.1) is 0 Å². The highest BCUT2D eigenvalue weighted by Crippen LogP contribution is 2.39. The van der Waals surface area contributed by atoms with Crippen molar-refractivity contribution in [1.29, 1.82) is 0 Å². The zero-order valence-electron chi connectivity index (χ0n) is 9.14. The van der Waals surface area contributed by atoms with Gasteiger partial charge in [0.15, 0.2) is 0 Å². The Morgan fingerprint density at radius 3 is 1.33 bits per heavy atom. The molecule has 0 aromatic carbocycles. The van der Waals surface area contributed by atoms with E-state index in [0.717, 1.165) is 23.7 Å². The topological polar surface area (TPSA) is 0 Å². The van der Waals surface area contributed by atoms with Gasteiger partial charge in [0.1, 0.15) is 0 Å². The van der Waals surface area contributed by atoms with Crippen molar-refractivity contribution in [3.8, 4) is 0 Å². The molecule has 2 unspecified atom stereocenters. The van der Waals surface area contributed by atoms with Crippen molar-refractivity contribution in [3.63, 3.8) is 0 Å². The van der Waals surface area contributed by atoms with Gasteiger partial charge in [0, 0.05) is 0 Å². The first-order valence-corrected chi connectivity index (χ1v) is 5.63. The predicted molar refractivity (Wildman–Crippen MR) is 55.1 cm³/mol. The van der Waals surface area contributed by atoms with E-state index in [1.165, 1.54) is 25.7 Å². The molecule has 0 aliphatic heterocycles. The van der Waals surface area contributed by atoms with E-state index in [4.69, 9.17) is 0 Å². The molecule has 0 heterocycles. The van der Waals surface area contributed by atoms with E-state index in [9.17, 15) is 0 Å². The molecule has 0 N–H and O–H groups in total. The van der Waals surface area contributed by atoms with E-state index >= 15 is 0 Å². The largest absolute Gasteiger partial charge is 0.0651 e. The standard InChI is InChI=1S/2C6H12/c1-5-3-6(2)4-5;1-3-6-4-5(6)2/h2*5-6H,3-4H2,1-2H3. The van der Waals surface area contributed by atoms with Gasteiger partial charge in [0.2, 0.25) is 0 Å². The van der Waals surface area contributed by atoms with Crippen LogP contribution >= 0.6 is 0 Å². The number of hydrogen-bond acceptors (Lipinski definition) is 0. The van der Waals surface area contributed by atoms with Gasteiger partial charge in [-0.05, 0) is 42.9 Å². The monoisotopic (exact) mass is 168 g/mol. The molecule has 2 atom stereocenters. The minimum atomic E-state index is 1.04. The summed E-state index contributed by atoms with van der Waals surface area (Å²) in [4.78, 5) is 0. The van der Waals surface area contributed by atoms with Crippen molar-refractivity contribution in [3.05, 3.63) is 0 Å². The van der Waals surface area contributed by atoms with E-state index in [0.29, 0.717) is 0 Å². The first kappa shape index (κ1) is 10.1. The molecule has 0 saturated heterocycles. The summed E-state index contributed by atoms with van der Waals surface area (Å²) >= 11 is 0. The summed E-state index contributed by atoms with van der Waals surface area (Å²) in [6.45, 7) is 9.24. The van der Waals surface area contributed by atoms with Gasteiger partial charge >= 0.3 is 0 Å². The van der Waals surface area contributed by atoms with Crippen LogP contribution in [-0.2, 0) is 0 Å². The van der Waals surface area contributed by atoms with Gasteiger partial charge in [-0.25, -0.2) is 0 Å². The third kappa shape index (κ3) is 3.16. The SMILES string of the molecule is CC1CC(C)C1.CCC1CC1C. The van der Waals surface area contributed by atoms with Crippen LogP contribution < -0.4 is 0 Å². The van der Waals surface area contributed by atoms with Crippen LogP contribution in [0.25, 0.3) is 0 Å². The van der Waals surface area contributed by atoms with Gasteiger partial charge in [-0.15, -0.1) is 0 Å². The lowest BCUT2D eigenvalue weighted by molar-refractivity contribution is 0.233. The Morgan fingerprint density at radius 1 is 0.917 bits per heavy atom. The summed E-state index contributed by atoms with van der Waals surface area (Å²) < 4.78 is 0. The third-order valence-corrected chi connectivity index (χ3v) is 3.41. The summed E-state index contributed by atoms with van der Waals surface area (Å²) in [5, 5.41) is 0. The maximum atomic E-state index is 2.33. The van der Waals surface area contributed by atoms with Crippen molar-refractivity contribution >= 4 is 0 Å². The van der Waals surface area contributed by atoms with E-state index in [1.807, 2.05) is 0 Å². The lowest BCUT2D eigenvalue weighted by Gasteiger charge is -2.28. The van der Waals surface area contributed by atoms with Crippen LogP contribution in [0.1, 0.15) is 53.4 Å². The first-order chi connectivity index (χ1) is 5.63. The van der Waals surface area contributed by atoms with Crippen LogP contribution in [0, 0.1) is 23.7 Å². The molecule has 0 aromatic rings. The van der Waals surface area contributed by atoms with Crippen molar-refractivity contribution in [1.82, 2.24) is 0 Å². The third-order valence-electron chi connectivity index (χ3n) is 3.41. The van der Waals surface area contributed by atoms with E-state index in [1.54, 1.807) is 0 Å². The molecule has 0 nitrogen and oxygen atoms in total. The van der Waals surface area contributed by atoms with Gasteiger partial charge in [-0.1, -0.05) is 34.1 Å². The zero-order chi connectivity index (χ0) is 9.14. The molecule has 0 radical (unpaired) electrons. The fourth-order valence-electron chi connectivity index (χ4n) is 2.27. The molecular weight excluding hydrogens is 144 g/mol. The Bertz CT molecular complexity index is 114. The van der Waals surface area contributed by atoms with Crippen molar-refractivity contribution in [2.75, 3.05) is 0 Å². The van der Waals surface area contributed by atoms with Crippen LogP contribution in [-0.4, -0.2) is 0 Å². The molecule has 0 aromatic heterocycles. The van der Waals surface area contributed by atoms with Crippen molar-refractivity contribution < 1.29 is 0 Å². The molecule has 2 aliphatic rings. The van der Waals surface area contributed by atoms with Gasteiger partial charge in [0.25, 0.3) is 0 Å². The Balaban J connectivity index is 0.000000120. The van der Waals surface area contributed by atoms with E-state index in [-0.39, 0.29) is 0 Å². The van der Waals surface area contributed by atoms with Crippen molar-refractivity contribution in [2.24, 2.45) is 23.7 Å². The number of rotatable bonds is 1. The summed E-state index contributed by atoms with van der Waals surface area (Å²) in [5.74, 6) is 4.25.